The molecule has 0 saturated heterocycles. The number of aromatic nitrogens is 2. The third kappa shape index (κ3) is 3.38. The Bertz CT molecular complexity index is 662. The molecule has 21 heavy (non-hydrogen) atoms. The lowest BCUT2D eigenvalue weighted by molar-refractivity contribution is 0.170. The summed E-state index contributed by atoms with van der Waals surface area (Å²) < 4.78 is 21.1. The summed E-state index contributed by atoms with van der Waals surface area (Å²) in [4.78, 5) is 0. The Morgan fingerprint density at radius 3 is 2.81 bits per heavy atom. The molecule has 2 N–H and O–H groups in total. The predicted octanol–water partition coefficient (Wildman–Crippen LogP) is 2.29. The van der Waals surface area contributed by atoms with Gasteiger partial charge in [0.2, 0.25) is 0 Å². The van der Waals surface area contributed by atoms with Gasteiger partial charge < -0.3 is 10.5 Å². The number of benzene rings is 1. The van der Waals surface area contributed by atoms with Crippen molar-refractivity contribution in [3.63, 3.8) is 0 Å². The molecule has 0 aliphatic rings. The van der Waals surface area contributed by atoms with Crippen LogP contribution < -0.4 is 10.5 Å². The van der Waals surface area contributed by atoms with E-state index in [2.05, 4.69) is 5.10 Å². The minimum Gasteiger partial charge on any atom is -0.484 e. The molecule has 0 fully saturated rings. The van der Waals surface area contributed by atoms with Gasteiger partial charge >= 0.3 is 0 Å². The molecule has 0 saturated carbocycles. The number of ether oxygens (including phenoxy) is 1. The molecule has 0 radical (unpaired) electrons. The van der Waals surface area contributed by atoms with Crippen molar-refractivity contribution in [2.45, 2.75) is 25.5 Å². The third-order valence-electron chi connectivity index (χ3n) is 3.24. The molecule has 2 aromatic rings. The maximum Gasteiger partial charge on any atom is 0.144 e. The van der Waals surface area contributed by atoms with Crippen molar-refractivity contribution in [3.8, 4) is 11.8 Å². The quantitative estimate of drug-likeness (QED) is 0.915. The number of hydrogen-bond donors (Lipinski definition) is 1. The Balaban J connectivity index is 2.27. The van der Waals surface area contributed by atoms with Crippen LogP contribution in [0.1, 0.15) is 30.6 Å². The normalized spacial score (nSPS) is 13.5. The fourth-order valence-electron chi connectivity index (χ4n) is 2.01. The van der Waals surface area contributed by atoms with Gasteiger partial charge in [0.05, 0.1) is 11.8 Å². The van der Waals surface area contributed by atoms with Gasteiger partial charge in [-0.25, -0.2) is 4.39 Å². The minimum atomic E-state index is -0.606. The lowest BCUT2D eigenvalue weighted by atomic mass is 10.0. The Morgan fingerprint density at radius 1 is 1.52 bits per heavy atom. The van der Waals surface area contributed by atoms with Gasteiger partial charge in [0.25, 0.3) is 0 Å². The number of nitrogens with zero attached hydrogens (tertiary/aromatic N) is 3. The first-order chi connectivity index (χ1) is 10.0. The SMILES string of the molecule is CCC(N)C(Oc1ccc(C#N)c(F)c1)c1cnn(C)c1. The minimum absolute atomic E-state index is 0.0138. The van der Waals surface area contributed by atoms with Gasteiger partial charge in [-0.15, -0.1) is 0 Å². The summed E-state index contributed by atoms with van der Waals surface area (Å²) in [6.07, 6.45) is 3.79. The third-order valence-corrected chi connectivity index (χ3v) is 3.24. The summed E-state index contributed by atoms with van der Waals surface area (Å²) in [5, 5.41) is 12.8. The van der Waals surface area contributed by atoms with Crippen molar-refractivity contribution in [2.24, 2.45) is 12.8 Å². The van der Waals surface area contributed by atoms with E-state index in [-0.39, 0.29) is 11.6 Å². The van der Waals surface area contributed by atoms with Crippen LogP contribution in [-0.4, -0.2) is 15.8 Å². The van der Waals surface area contributed by atoms with Crippen molar-refractivity contribution in [1.29, 1.82) is 5.26 Å². The fraction of sp³-hybridized carbons (Fsp3) is 0.333. The molecule has 5 nitrogen and oxygen atoms in total. The second-order valence-corrected chi connectivity index (χ2v) is 4.81. The molecule has 2 rings (SSSR count). The molecule has 6 heteroatoms. The van der Waals surface area contributed by atoms with Crippen LogP contribution in [0, 0.1) is 17.1 Å². The van der Waals surface area contributed by atoms with E-state index in [1.807, 2.05) is 13.1 Å². The topological polar surface area (TPSA) is 76.9 Å². The van der Waals surface area contributed by atoms with Gasteiger partial charge in [-0.2, -0.15) is 10.4 Å². The van der Waals surface area contributed by atoms with Crippen LogP contribution in [0.2, 0.25) is 0 Å². The zero-order valence-corrected chi connectivity index (χ0v) is 12.0. The smallest absolute Gasteiger partial charge is 0.144 e. The van der Waals surface area contributed by atoms with E-state index in [4.69, 9.17) is 15.7 Å². The molecule has 1 aromatic carbocycles. The van der Waals surface area contributed by atoms with Crippen LogP contribution in [-0.2, 0) is 7.05 Å². The zero-order chi connectivity index (χ0) is 15.4. The molecule has 2 unspecified atom stereocenters. The fourth-order valence-corrected chi connectivity index (χ4v) is 2.01. The molecule has 0 amide bonds. The highest BCUT2D eigenvalue weighted by Gasteiger charge is 2.22. The molecule has 1 aromatic heterocycles. The van der Waals surface area contributed by atoms with E-state index < -0.39 is 11.9 Å². The molecule has 0 aliphatic carbocycles. The number of halogens is 1. The lowest BCUT2D eigenvalue weighted by Gasteiger charge is -2.23. The van der Waals surface area contributed by atoms with Crippen LogP contribution in [0.3, 0.4) is 0 Å². The van der Waals surface area contributed by atoms with Gasteiger partial charge in [-0.05, 0) is 18.6 Å². The van der Waals surface area contributed by atoms with Crippen LogP contribution >= 0.6 is 0 Å². The van der Waals surface area contributed by atoms with Crippen molar-refractivity contribution in [1.82, 2.24) is 9.78 Å². The Labute approximate surface area is 122 Å². The molecule has 1 heterocycles. The first-order valence-electron chi connectivity index (χ1n) is 6.65. The Kier molecular flexibility index (Phi) is 4.55. The average Bonchev–Trinajstić information content (AvgIpc) is 2.90. The molecular formula is C15H17FN4O. The van der Waals surface area contributed by atoms with E-state index in [0.717, 1.165) is 5.56 Å². The van der Waals surface area contributed by atoms with Gasteiger partial charge in [0.1, 0.15) is 23.7 Å². The highest BCUT2D eigenvalue weighted by molar-refractivity contribution is 5.36. The van der Waals surface area contributed by atoms with Crippen LogP contribution in [0.25, 0.3) is 0 Å². The van der Waals surface area contributed by atoms with E-state index >= 15 is 0 Å². The van der Waals surface area contributed by atoms with Gasteiger partial charge in [0, 0.05) is 30.9 Å². The second-order valence-electron chi connectivity index (χ2n) is 4.81. The summed E-state index contributed by atoms with van der Waals surface area (Å²) in [7, 11) is 1.80. The maximum atomic E-state index is 13.6. The van der Waals surface area contributed by atoms with E-state index in [0.29, 0.717) is 12.2 Å². The summed E-state index contributed by atoms with van der Waals surface area (Å²) in [6.45, 7) is 1.96. The Hall–Kier alpha value is -2.39. The number of hydrogen-bond acceptors (Lipinski definition) is 4. The number of aryl methyl sites for hydroxylation is 1. The van der Waals surface area contributed by atoms with Gasteiger partial charge in [-0.3, -0.25) is 4.68 Å². The van der Waals surface area contributed by atoms with E-state index in [1.165, 1.54) is 12.1 Å². The maximum absolute atomic E-state index is 13.6. The summed E-state index contributed by atoms with van der Waals surface area (Å²) in [5.74, 6) is -0.269. The zero-order valence-electron chi connectivity index (χ0n) is 12.0. The summed E-state index contributed by atoms with van der Waals surface area (Å²) in [5.41, 5.74) is 6.91. The monoisotopic (exact) mass is 288 g/mol. The molecule has 0 aliphatic heterocycles. The summed E-state index contributed by atoms with van der Waals surface area (Å²) >= 11 is 0. The van der Waals surface area contributed by atoms with Crippen molar-refractivity contribution in [2.75, 3.05) is 0 Å². The standard InChI is InChI=1S/C15H17FN4O/c1-3-14(18)15(11-8-19-20(2)9-11)21-12-5-4-10(7-17)13(16)6-12/h4-6,8-9,14-15H,3,18H2,1-2H3. The average molecular weight is 288 g/mol. The number of nitrogens with two attached hydrogens (primary N) is 1. The predicted molar refractivity (Wildman–Crippen MR) is 76.0 cm³/mol. The summed E-state index contributed by atoms with van der Waals surface area (Å²) in [6, 6.07) is 5.69. The van der Waals surface area contributed by atoms with Crippen molar-refractivity contribution < 1.29 is 9.13 Å². The first kappa shape index (κ1) is 15.0. The molecular weight excluding hydrogens is 271 g/mol. The molecule has 2 atom stereocenters. The highest BCUT2D eigenvalue weighted by atomic mass is 19.1. The van der Waals surface area contributed by atoms with E-state index in [1.54, 1.807) is 30.1 Å². The van der Waals surface area contributed by atoms with E-state index in [9.17, 15) is 4.39 Å². The van der Waals surface area contributed by atoms with Gasteiger partial charge in [-0.1, -0.05) is 6.92 Å². The molecule has 0 bridgehead atoms. The van der Waals surface area contributed by atoms with Crippen LogP contribution in [0.15, 0.2) is 30.6 Å². The number of rotatable bonds is 5. The van der Waals surface area contributed by atoms with Crippen LogP contribution in [0.4, 0.5) is 4.39 Å². The lowest BCUT2D eigenvalue weighted by Crippen LogP contribution is -2.31. The van der Waals surface area contributed by atoms with Crippen molar-refractivity contribution >= 4 is 0 Å². The highest BCUT2D eigenvalue weighted by Crippen LogP contribution is 2.26. The largest absolute Gasteiger partial charge is 0.484 e. The Morgan fingerprint density at radius 2 is 2.29 bits per heavy atom. The molecule has 110 valence electrons. The van der Waals surface area contributed by atoms with Crippen molar-refractivity contribution in [3.05, 3.63) is 47.5 Å². The van der Waals surface area contributed by atoms with Gasteiger partial charge in [0.15, 0.2) is 0 Å². The van der Waals surface area contributed by atoms with Crippen LogP contribution in [0.5, 0.6) is 5.75 Å². The number of nitriles is 1. The second kappa shape index (κ2) is 6.37. The molecule has 0 spiro atoms. The first-order valence-corrected chi connectivity index (χ1v) is 6.65.